The number of rotatable bonds is 6. The molecule has 3 aromatic carbocycles. The van der Waals surface area contributed by atoms with Gasteiger partial charge >= 0.3 is 6.18 Å². The molecule has 1 aliphatic heterocycles. The van der Waals surface area contributed by atoms with E-state index in [0.717, 1.165) is 23.3 Å². The highest BCUT2D eigenvalue weighted by molar-refractivity contribution is 5.94. The minimum Gasteiger partial charge on any atom is -0.336 e. The zero-order chi connectivity index (χ0) is 28.3. The Morgan fingerprint density at radius 2 is 1.73 bits per heavy atom. The third-order valence-corrected chi connectivity index (χ3v) is 6.94. The van der Waals surface area contributed by atoms with E-state index in [2.05, 4.69) is 21.1 Å². The lowest BCUT2D eigenvalue weighted by molar-refractivity contribution is -0.137. The molecule has 1 aliphatic rings. The smallest absolute Gasteiger partial charge is 0.336 e. The number of carbonyl (C=O) groups is 1. The lowest BCUT2D eigenvalue weighted by Crippen LogP contribution is -2.48. The van der Waals surface area contributed by atoms with Crippen LogP contribution in [0.25, 0.3) is 22.8 Å². The molecular weight excluding hydrogens is 519 g/mol. The van der Waals surface area contributed by atoms with E-state index in [1.165, 1.54) is 12.1 Å². The van der Waals surface area contributed by atoms with Gasteiger partial charge in [0, 0.05) is 49.4 Å². The van der Waals surface area contributed by atoms with E-state index in [1.54, 1.807) is 12.1 Å². The Balaban J connectivity index is 1.21. The molecule has 204 valence electrons. The van der Waals surface area contributed by atoms with Gasteiger partial charge in [0.1, 0.15) is 0 Å². The molecule has 0 spiro atoms. The van der Waals surface area contributed by atoms with Crippen LogP contribution in [0.5, 0.6) is 0 Å². The van der Waals surface area contributed by atoms with E-state index in [1.807, 2.05) is 48.2 Å². The minimum atomic E-state index is -4.46. The van der Waals surface area contributed by atoms with Gasteiger partial charge in [-0.25, -0.2) is 0 Å². The highest BCUT2D eigenvalue weighted by atomic mass is 19.4. The molecule has 1 aromatic heterocycles. The van der Waals surface area contributed by atoms with E-state index < -0.39 is 11.7 Å². The van der Waals surface area contributed by atoms with E-state index in [9.17, 15) is 23.2 Å². The molecule has 1 unspecified atom stereocenters. The molecule has 0 aliphatic carbocycles. The van der Waals surface area contributed by atoms with Crippen LogP contribution in [0.2, 0.25) is 0 Å². The molecule has 5 rings (SSSR count). The maximum absolute atomic E-state index is 13.1. The van der Waals surface area contributed by atoms with Crippen molar-refractivity contribution in [3.05, 3.63) is 95.1 Å². The summed E-state index contributed by atoms with van der Waals surface area (Å²) in [5.41, 5.74) is 2.54. The average molecular weight is 546 g/mol. The Morgan fingerprint density at radius 1 is 1.00 bits per heavy atom. The first-order valence-corrected chi connectivity index (χ1v) is 12.8. The summed E-state index contributed by atoms with van der Waals surface area (Å²) in [5, 5.41) is 13.2. The molecule has 7 nitrogen and oxygen atoms in total. The second kappa shape index (κ2) is 11.3. The van der Waals surface area contributed by atoms with Gasteiger partial charge in [-0.05, 0) is 54.4 Å². The predicted octanol–water partition coefficient (Wildman–Crippen LogP) is 6.01. The van der Waals surface area contributed by atoms with Crippen LogP contribution in [0, 0.1) is 11.3 Å². The van der Waals surface area contributed by atoms with Crippen LogP contribution in [-0.4, -0.2) is 52.0 Å². The van der Waals surface area contributed by atoms with Crippen molar-refractivity contribution in [2.75, 3.05) is 26.2 Å². The van der Waals surface area contributed by atoms with Crippen molar-refractivity contribution in [1.82, 2.24) is 19.9 Å². The van der Waals surface area contributed by atoms with Crippen LogP contribution in [0.15, 0.2) is 77.3 Å². The molecule has 40 heavy (non-hydrogen) atoms. The number of nitrogens with zero attached hydrogens (tertiary/aromatic N) is 5. The number of hydrogen-bond acceptors (Lipinski definition) is 6. The molecule has 1 saturated heterocycles. The van der Waals surface area contributed by atoms with Crippen molar-refractivity contribution in [2.45, 2.75) is 25.6 Å². The number of halogens is 3. The van der Waals surface area contributed by atoms with Gasteiger partial charge in [0.05, 0.1) is 17.6 Å². The Labute approximate surface area is 229 Å². The molecule has 0 bridgehead atoms. The maximum atomic E-state index is 13.1. The summed E-state index contributed by atoms with van der Waals surface area (Å²) in [6.07, 6.45) is -4.46. The fourth-order valence-electron chi connectivity index (χ4n) is 4.66. The number of carbonyl (C=O) groups excluding carboxylic acids is 1. The van der Waals surface area contributed by atoms with Gasteiger partial charge in [0.2, 0.25) is 5.82 Å². The van der Waals surface area contributed by atoms with Gasteiger partial charge in [-0.1, -0.05) is 41.6 Å². The standard InChI is InChI=1S/C30H26F3N5O2/c1-20(18-34)22-6-3-9-25(16-22)29(39)38-13-11-37(12-14-38)19-21-5-2-7-23(15-21)27-35-28(40-36-27)24-8-4-10-26(17-24)30(31,32)33/h2-10,15-17,20H,11-14,19H2,1H3. The van der Waals surface area contributed by atoms with Crippen LogP contribution >= 0.6 is 0 Å². The summed E-state index contributed by atoms with van der Waals surface area (Å²) in [5.74, 6) is -0.0140. The molecule has 1 atom stereocenters. The second-order valence-corrected chi connectivity index (χ2v) is 9.75. The molecule has 1 amide bonds. The summed E-state index contributed by atoms with van der Waals surface area (Å²) in [6, 6.07) is 21.8. The maximum Gasteiger partial charge on any atom is 0.416 e. The lowest BCUT2D eigenvalue weighted by Gasteiger charge is -2.35. The van der Waals surface area contributed by atoms with Gasteiger partial charge < -0.3 is 9.42 Å². The molecule has 10 heteroatoms. The van der Waals surface area contributed by atoms with Crippen molar-refractivity contribution in [3.63, 3.8) is 0 Å². The third kappa shape index (κ3) is 6.05. The largest absolute Gasteiger partial charge is 0.416 e. The van der Waals surface area contributed by atoms with Gasteiger partial charge in [0.25, 0.3) is 11.8 Å². The van der Waals surface area contributed by atoms with E-state index >= 15 is 0 Å². The van der Waals surface area contributed by atoms with Crippen molar-refractivity contribution in [1.29, 1.82) is 5.26 Å². The highest BCUT2D eigenvalue weighted by Crippen LogP contribution is 2.32. The van der Waals surface area contributed by atoms with Gasteiger partial charge in [-0.3, -0.25) is 9.69 Å². The fraction of sp³-hybridized carbons (Fsp3) is 0.267. The van der Waals surface area contributed by atoms with Crippen molar-refractivity contribution < 1.29 is 22.5 Å². The number of piperazine rings is 1. The summed E-state index contributed by atoms with van der Waals surface area (Å²) < 4.78 is 44.5. The Kier molecular flexibility index (Phi) is 7.67. The lowest BCUT2D eigenvalue weighted by atomic mass is 10.00. The number of amides is 1. The second-order valence-electron chi connectivity index (χ2n) is 9.75. The Hall–Kier alpha value is -4.49. The van der Waals surface area contributed by atoms with E-state index in [-0.39, 0.29) is 29.1 Å². The fourth-order valence-corrected chi connectivity index (χ4v) is 4.66. The van der Waals surface area contributed by atoms with Crippen LogP contribution in [-0.2, 0) is 12.7 Å². The quantitative estimate of drug-likeness (QED) is 0.295. The summed E-state index contributed by atoms with van der Waals surface area (Å²) in [4.78, 5) is 21.5. The molecule has 4 aromatic rings. The van der Waals surface area contributed by atoms with Gasteiger partial charge in [-0.2, -0.15) is 23.4 Å². The van der Waals surface area contributed by atoms with Crippen LogP contribution < -0.4 is 0 Å². The Bertz CT molecular complexity index is 1550. The van der Waals surface area contributed by atoms with Crippen LogP contribution in [0.4, 0.5) is 13.2 Å². The number of aromatic nitrogens is 2. The number of benzene rings is 3. The topological polar surface area (TPSA) is 86.3 Å². The zero-order valence-corrected chi connectivity index (χ0v) is 21.7. The monoisotopic (exact) mass is 545 g/mol. The summed E-state index contributed by atoms with van der Waals surface area (Å²) >= 11 is 0. The third-order valence-electron chi connectivity index (χ3n) is 6.94. The van der Waals surface area contributed by atoms with Crippen molar-refractivity contribution in [3.8, 4) is 28.9 Å². The predicted molar refractivity (Wildman–Crippen MR) is 142 cm³/mol. The Morgan fingerprint density at radius 3 is 2.48 bits per heavy atom. The zero-order valence-electron chi connectivity index (χ0n) is 21.7. The normalized spacial score (nSPS) is 15.0. The molecule has 0 N–H and O–H groups in total. The molecular formula is C30H26F3N5O2. The highest BCUT2D eigenvalue weighted by Gasteiger charge is 2.31. The van der Waals surface area contributed by atoms with Gasteiger partial charge in [0.15, 0.2) is 0 Å². The first-order valence-electron chi connectivity index (χ1n) is 12.8. The number of nitriles is 1. The van der Waals surface area contributed by atoms with Gasteiger partial charge in [-0.15, -0.1) is 0 Å². The SMILES string of the molecule is CC(C#N)c1cccc(C(=O)N2CCN(Cc3cccc(-c4noc(-c5cccc(C(F)(F)F)c5)n4)c3)CC2)c1. The summed E-state index contributed by atoms with van der Waals surface area (Å²) in [7, 11) is 0. The first kappa shape index (κ1) is 27.1. The van der Waals surface area contributed by atoms with E-state index in [0.29, 0.717) is 43.9 Å². The minimum absolute atomic E-state index is 0.0138. The molecule has 2 heterocycles. The number of alkyl halides is 3. The molecule has 0 radical (unpaired) electrons. The average Bonchev–Trinajstić information content (AvgIpc) is 3.47. The first-order chi connectivity index (χ1) is 19.2. The number of hydrogen-bond donors (Lipinski definition) is 0. The molecule has 0 saturated carbocycles. The van der Waals surface area contributed by atoms with Crippen molar-refractivity contribution in [2.24, 2.45) is 0 Å². The van der Waals surface area contributed by atoms with Crippen molar-refractivity contribution >= 4 is 5.91 Å². The van der Waals surface area contributed by atoms with Crippen LogP contribution in [0.1, 0.15) is 39.9 Å². The summed E-state index contributed by atoms with van der Waals surface area (Å²) in [6.45, 7) is 5.04. The van der Waals surface area contributed by atoms with Crippen LogP contribution in [0.3, 0.4) is 0 Å². The molecule has 1 fully saturated rings. The van der Waals surface area contributed by atoms with E-state index in [4.69, 9.17) is 4.52 Å².